The number of nitrogen functional groups attached to an aromatic ring is 2. The van der Waals surface area contributed by atoms with Crippen molar-refractivity contribution in [2.75, 3.05) is 31.8 Å². The molecule has 0 unspecified atom stereocenters. The van der Waals surface area contributed by atoms with Gasteiger partial charge in [0.15, 0.2) is 5.75 Å². The van der Waals surface area contributed by atoms with Gasteiger partial charge in [0.25, 0.3) is 0 Å². The molecular formula is C19H26N2O5. The van der Waals surface area contributed by atoms with Crippen LogP contribution in [0.4, 0.5) is 11.4 Å². The maximum absolute atomic E-state index is 11.7. The Bertz CT molecular complexity index is 693. The third-order valence-corrected chi connectivity index (χ3v) is 3.65. The summed E-state index contributed by atoms with van der Waals surface area (Å²) in [4.78, 5) is 23.5. The maximum Gasteiger partial charge on any atom is 0.331 e. The predicted octanol–water partition coefficient (Wildman–Crippen LogP) is 2.79. The number of hydrogen-bond acceptors (Lipinski definition) is 7. The van der Waals surface area contributed by atoms with Gasteiger partial charge in [0.05, 0.1) is 31.7 Å². The summed E-state index contributed by atoms with van der Waals surface area (Å²) >= 11 is 0. The van der Waals surface area contributed by atoms with Gasteiger partial charge < -0.3 is 25.7 Å². The molecule has 0 aliphatic rings. The minimum Gasteiger partial charge on any atom is -0.492 e. The third kappa shape index (κ3) is 5.02. The number of benzene rings is 1. The number of ether oxygens (including phenoxy) is 3. The second kappa shape index (κ2) is 9.50. The van der Waals surface area contributed by atoms with Crippen LogP contribution in [0.1, 0.15) is 38.8 Å². The molecule has 0 amide bonds. The van der Waals surface area contributed by atoms with Crippen molar-refractivity contribution in [1.82, 2.24) is 0 Å². The second-order valence-electron chi connectivity index (χ2n) is 5.49. The Morgan fingerprint density at radius 2 is 1.31 bits per heavy atom. The number of anilines is 2. The Labute approximate surface area is 153 Å². The van der Waals surface area contributed by atoms with Crippen LogP contribution >= 0.6 is 0 Å². The summed E-state index contributed by atoms with van der Waals surface area (Å²) in [7, 11) is 1.45. The van der Waals surface area contributed by atoms with Crippen molar-refractivity contribution in [2.24, 2.45) is 0 Å². The zero-order chi connectivity index (χ0) is 19.9. The highest BCUT2D eigenvalue weighted by Crippen LogP contribution is 2.40. The van der Waals surface area contributed by atoms with Crippen molar-refractivity contribution in [3.8, 4) is 5.75 Å². The van der Waals surface area contributed by atoms with Crippen molar-refractivity contribution >= 4 is 34.5 Å². The Balaban J connectivity index is 3.51. The first-order valence-electron chi connectivity index (χ1n) is 8.23. The van der Waals surface area contributed by atoms with Gasteiger partial charge in [-0.15, -0.1) is 0 Å². The van der Waals surface area contributed by atoms with E-state index in [2.05, 4.69) is 0 Å². The van der Waals surface area contributed by atoms with E-state index in [0.29, 0.717) is 33.6 Å². The van der Waals surface area contributed by atoms with Crippen molar-refractivity contribution < 1.29 is 23.8 Å². The average molecular weight is 362 g/mol. The fourth-order valence-electron chi connectivity index (χ4n) is 2.44. The Morgan fingerprint density at radius 1 is 0.923 bits per heavy atom. The normalized spacial score (nSPS) is 11.9. The summed E-state index contributed by atoms with van der Waals surface area (Å²) in [5, 5.41) is 0. The van der Waals surface area contributed by atoms with Gasteiger partial charge in [-0.25, -0.2) is 9.59 Å². The first-order chi connectivity index (χ1) is 12.3. The minimum absolute atomic E-state index is 0.274. The lowest BCUT2D eigenvalue weighted by atomic mass is 9.95. The predicted molar refractivity (Wildman–Crippen MR) is 102 cm³/mol. The van der Waals surface area contributed by atoms with Crippen LogP contribution in [0.15, 0.2) is 18.2 Å². The number of carbonyl (C=O) groups excluding carboxylic acids is 2. The van der Waals surface area contributed by atoms with Crippen molar-refractivity contribution in [3.05, 3.63) is 29.3 Å². The zero-order valence-corrected chi connectivity index (χ0v) is 15.8. The molecule has 0 radical (unpaired) electrons. The van der Waals surface area contributed by atoms with Crippen LogP contribution in [-0.2, 0) is 19.1 Å². The number of carbonyl (C=O) groups is 2. The minimum atomic E-state index is -0.472. The van der Waals surface area contributed by atoms with Gasteiger partial charge in [-0.3, -0.25) is 0 Å². The van der Waals surface area contributed by atoms with Crippen LogP contribution < -0.4 is 16.2 Å². The van der Waals surface area contributed by atoms with Crippen molar-refractivity contribution in [2.45, 2.75) is 27.7 Å². The fraction of sp³-hybridized carbons (Fsp3) is 0.368. The number of hydrogen-bond donors (Lipinski definition) is 2. The molecule has 4 N–H and O–H groups in total. The van der Waals surface area contributed by atoms with Crippen molar-refractivity contribution in [1.29, 1.82) is 0 Å². The summed E-state index contributed by atoms with van der Waals surface area (Å²) in [5.41, 5.74) is 15.2. The SMILES string of the molecule is CCOC(=O)C=C(C)c1cc(C(C)=CC(=O)OCC)c(N)c(OC)c1N. The lowest BCUT2D eigenvalue weighted by Gasteiger charge is -2.17. The number of nitrogens with two attached hydrogens (primary N) is 2. The lowest BCUT2D eigenvalue weighted by molar-refractivity contribution is -0.138. The fourth-order valence-corrected chi connectivity index (χ4v) is 2.44. The van der Waals surface area contributed by atoms with Crippen LogP contribution in [0.2, 0.25) is 0 Å². The second-order valence-corrected chi connectivity index (χ2v) is 5.49. The molecule has 0 fully saturated rings. The smallest absolute Gasteiger partial charge is 0.331 e. The quantitative estimate of drug-likeness (QED) is 0.435. The lowest BCUT2D eigenvalue weighted by Crippen LogP contribution is -2.07. The zero-order valence-electron chi connectivity index (χ0n) is 15.8. The summed E-state index contributed by atoms with van der Waals surface area (Å²) in [6.45, 7) is 7.46. The van der Waals surface area contributed by atoms with E-state index in [0.717, 1.165) is 0 Å². The van der Waals surface area contributed by atoms with Gasteiger partial charge in [0, 0.05) is 23.3 Å². The molecule has 0 saturated heterocycles. The molecule has 0 aliphatic heterocycles. The standard InChI is InChI=1S/C19H26N2O5/c1-6-25-15(22)8-11(3)13-10-14(12(4)9-16(23)26-7-2)18(21)19(24-5)17(13)20/h8-10H,6-7,20-21H2,1-5H3. The summed E-state index contributed by atoms with van der Waals surface area (Å²) in [5.74, 6) is -0.660. The van der Waals surface area contributed by atoms with E-state index in [1.165, 1.54) is 19.3 Å². The van der Waals surface area contributed by atoms with E-state index in [1.54, 1.807) is 33.8 Å². The number of allylic oxidation sites excluding steroid dienone is 2. The average Bonchev–Trinajstić information content (AvgIpc) is 2.55. The number of rotatable bonds is 7. The molecule has 0 aromatic heterocycles. The molecule has 0 atom stereocenters. The highest BCUT2D eigenvalue weighted by molar-refractivity contribution is 5.98. The number of methoxy groups -OCH3 is 1. The first kappa shape index (κ1) is 21.1. The maximum atomic E-state index is 11.7. The monoisotopic (exact) mass is 362 g/mol. The van der Waals surface area contributed by atoms with Gasteiger partial charge in [-0.1, -0.05) is 0 Å². The van der Waals surface area contributed by atoms with E-state index in [4.69, 9.17) is 25.7 Å². The highest BCUT2D eigenvalue weighted by atomic mass is 16.5. The molecule has 142 valence electrons. The molecule has 1 aromatic carbocycles. The Kier molecular flexibility index (Phi) is 7.71. The summed E-state index contributed by atoms with van der Waals surface area (Å²) < 4.78 is 15.2. The van der Waals surface area contributed by atoms with Crippen molar-refractivity contribution in [3.63, 3.8) is 0 Å². The largest absolute Gasteiger partial charge is 0.492 e. The molecule has 0 spiro atoms. The van der Waals surface area contributed by atoms with E-state index >= 15 is 0 Å². The van der Waals surface area contributed by atoms with Gasteiger partial charge in [-0.2, -0.15) is 0 Å². The van der Waals surface area contributed by atoms with Gasteiger partial charge in [0.2, 0.25) is 0 Å². The molecule has 1 rings (SSSR count). The molecule has 7 nitrogen and oxygen atoms in total. The van der Waals surface area contributed by atoms with Crippen LogP contribution in [0.25, 0.3) is 11.1 Å². The van der Waals surface area contributed by atoms with E-state index < -0.39 is 11.9 Å². The van der Waals surface area contributed by atoms with Crippen LogP contribution in [0.3, 0.4) is 0 Å². The van der Waals surface area contributed by atoms with Crippen LogP contribution in [0, 0.1) is 0 Å². The Hall–Kier alpha value is -2.96. The molecule has 0 aliphatic carbocycles. The highest BCUT2D eigenvalue weighted by Gasteiger charge is 2.18. The third-order valence-electron chi connectivity index (χ3n) is 3.65. The molecule has 1 aromatic rings. The Morgan fingerprint density at radius 3 is 1.62 bits per heavy atom. The molecule has 7 heteroatoms. The van der Waals surface area contributed by atoms with Gasteiger partial charge >= 0.3 is 11.9 Å². The summed E-state index contributed by atoms with van der Waals surface area (Å²) in [6, 6.07) is 1.71. The molecule has 0 heterocycles. The topological polar surface area (TPSA) is 114 Å². The van der Waals surface area contributed by atoms with E-state index in [-0.39, 0.29) is 19.0 Å². The number of esters is 2. The van der Waals surface area contributed by atoms with E-state index in [1.807, 2.05) is 0 Å². The first-order valence-corrected chi connectivity index (χ1v) is 8.23. The van der Waals surface area contributed by atoms with E-state index in [9.17, 15) is 9.59 Å². The molecule has 0 saturated carbocycles. The van der Waals surface area contributed by atoms with Crippen LogP contribution in [0.5, 0.6) is 5.75 Å². The molecule has 0 bridgehead atoms. The van der Waals surface area contributed by atoms with Gasteiger partial charge in [0.1, 0.15) is 0 Å². The molecular weight excluding hydrogens is 336 g/mol. The van der Waals surface area contributed by atoms with Crippen LogP contribution in [-0.4, -0.2) is 32.3 Å². The summed E-state index contributed by atoms with van der Waals surface area (Å²) in [6.07, 6.45) is 2.69. The van der Waals surface area contributed by atoms with Gasteiger partial charge in [-0.05, 0) is 44.9 Å². The molecule has 26 heavy (non-hydrogen) atoms.